The molecule has 1 N–H and O–H groups in total. The Balaban J connectivity index is 0.000000743. The van der Waals surface area contributed by atoms with Crippen molar-refractivity contribution in [2.24, 2.45) is 0 Å². The summed E-state index contributed by atoms with van der Waals surface area (Å²) in [7, 11) is -6.00. The van der Waals surface area contributed by atoms with Crippen LogP contribution in [0.3, 0.4) is 0 Å². The zero-order valence-electron chi connectivity index (χ0n) is 23.8. The summed E-state index contributed by atoms with van der Waals surface area (Å²) in [6.45, 7) is 1.99. The molecule has 0 spiro atoms. The van der Waals surface area contributed by atoms with E-state index in [0.29, 0.717) is 16.9 Å². The van der Waals surface area contributed by atoms with E-state index in [9.17, 15) is 31.6 Å². The number of fused-ring (bicyclic) bond motifs is 2. The standard InChI is InChI=1S/C33H24N2O5.BF4/c1-21-11-16-29-27(19-21)28(20-30(40-29)22-7-3-2-4-8-22)34-23-12-14-24(15-13-23)39-31(36)17-18-35-32(37)25-9-5-6-10-26(25)33(35)38;2-1(3,4)5/h2-16,19-20H,17-18H2,1H3;/q;-1/p+1. The first kappa shape index (κ1) is 30.9. The summed E-state index contributed by atoms with van der Waals surface area (Å²) in [6, 6.07) is 31.6. The molecule has 1 aromatic heterocycles. The van der Waals surface area contributed by atoms with Crippen LogP contribution in [0.5, 0.6) is 5.75 Å². The molecule has 1 aliphatic heterocycles. The Morgan fingerprint density at radius 1 is 0.822 bits per heavy atom. The first-order chi connectivity index (χ1) is 21.5. The van der Waals surface area contributed by atoms with Crippen LogP contribution < -0.4 is 15.1 Å². The summed E-state index contributed by atoms with van der Waals surface area (Å²) in [6.07, 6.45) is -0.105. The van der Waals surface area contributed by atoms with Gasteiger partial charge in [0.15, 0.2) is 0 Å². The number of esters is 1. The maximum atomic E-state index is 12.5. The van der Waals surface area contributed by atoms with Crippen molar-refractivity contribution in [1.29, 1.82) is 0 Å². The molecule has 0 saturated carbocycles. The highest BCUT2D eigenvalue weighted by Crippen LogP contribution is 2.24. The minimum atomic E-state index is -6.00. The van der Waals surface area contributed by atoms with Crippen LogP contribution in [-0.4, -0.2) is 36.5 Å². The Labute approximate surface area is 254 Å². The monoisotopic (exact) mass is 616 g/mol. The normalized spacial score (nSPS) is 13.0. The van der Waals surface area contributed by atoms with Gasteiger partial charge in [0.05, 0.1) is 29.0 Å². The van der Waals surface area contributed by atoms with Crippen molar-refractivity contribution in [2.45, 2.75) is 13.3 Å². The first-order valence-corrected chi connectivity index (χ1v) is 13.8. The van der Waals surface area contributed by atoms with E-state index >= 15 is 0 Å². The van der Waals surface area contributed by atoms with Gasteiger partial charge in [-0.2, -0.15) is 0 Å². The minimum Gasteiger partial charge on any atom is -0.456 e. The Kier molecular flexibility index (Phi) is 8.94. The summed E-state index contributed by atoms with van der Waals surface area (Å²) in [5, 5.41) is 1.83. The fraction of sp³-hybridized carbons (Fsp3) is 0.0909. The molecule has 228 valence electrons. The lowest BCUT2D eigenvalue weighted by Crippen LogP contribution is -2.70. The highest BCUT2D eigenvalue weighted by molar-refractivity contribution is 6.50. The van der Waals surface area contributed by atoms with Crippen LogP contribution in [0.2, 0.25) is 0 Å². The molecule has 2 amide bonds. The number of aryl methyl sites for hydroxylation is 1. The average molecular weight is 616 g/mol. The highest BCUT2D eigenvalue weighted by Gasteiger charge is 2.35. The molecule has 45 heavy (non-hydrogen) atoms. The maximum absolute atomic E-state index is 12.5. The molecular formula is C33H25BF4N2O5. The SMILES string of the molecule is Cc1ccc2oc(-c3ccccc3)cc(=[NH+]c3ccc(OC(=O)CCN4C(=O)c5ccccc5C4=O)cc3)c2c1.F[B-](F)(F)F. The van der Waals surface area contributed by atoms with Gasteiger partial charge in [-0.15, -0.1) is 0 Å². The van der Waals surface area contributed by atoms with Gasteiger partial charge in [-0.25, -0.2) is 4.99 Å². The predicted octanol–water partition coefficient (Wildman–Crippen LogP) is 5.61. The van der Waals surface area contributed by atoms with E-state index in [-0.39, 0.29) is 13.0 Å². The van der Waals surface area contributed by atoms with Crippen molar-refractivity contribution < 1.29 is 45.8 Å². The lowest BCUT2D eigenvalue weighted by molar-refractivity contribution is -0.400. The number of rotatable bonds is 6. The summed E-state index contributed by atoms with van der Waals surface area (Å²) in [4.78, 5) is 42.0. The molecule has 0 atom stereocenters. The van der Waals surface area contributed by atoms with Crippen molar-refractivity contribution in [3.63, 3.8) is 0 Å². The van der Waals surface area contributed by atoms with Gasteiger partial charge in [-0.3, -0.25) is 19.3 Å². The number of carbonyl (C=O) groups excluding carboxylic acids is 3. The van der Waals surface area contributed by atoms with Crippen LogP contribution in [0.25, 0.3) is 22.3 Å². The van der Waals surface area contributed by atoms with Crippen molar-refractivity contribution in [3.8, 4) is 17.1 Å². The molecule has 0 fully saturated rings. The van der Waals surface area contributed by atoms with E-state index in [4.69, 9.17) is 9.15 Å². The van der Waals surface area contributed by atoms with Crippen LogP contribution in [0, 0.1) is 6.92 Å². The van der Waals surface area contributed by atoms with E-state index in [1.54, 1.807) is 36.4 Å². The Morgan fingerprint density at radius 3 is 2.04 bits per heavy atom. The lowest BCUT2D eigenvalue weighted by Gasteiger charge is -2.13. The number of benzene rings is 4. The molecule has 0 aliphatic carbocycles. The number of amides is 2. The van der Waals surface area contributed by atoms with E-state index in [1.807, 2.05) is 67.6 Å². The zero-order chi connectivity index (χ0) is 32.1. The Bertz CT molecular complexity index is 1920. The lowest BCUT2D eigenvalue weighted by atomic mass is 10.1. The van der Waals surface area contributed by atoms with Crippen LogP contribution in [0.15, 0.2) is 108 Å². The maximum Gasteiger partial charge on any atom is 0.673 e. The highest BCUT2D eigenvalue weighted by atomic mass is 19.5. The second kappa shape index (κ2) is 13.0. The molecule has 4 aromatic carbocycles. The van der Waals surface area contributed by atoms with Gasteiger partial charge in [0.25, 0.3) is 11.8 Å². The second-order valence-electron chi connectivity index (χ2n) is 10.1. The average Bonchev–Trinajstić information content (AvgIpc) is 3.25. The zero-order valence-corrected chi connectivity index (χ0v) is 23.8. The molecule has 2 heterocycles. The fourth-order valence-electron chi connectivity index (χ4n) is 4.74. The molecular weight excluding hydrogens is 591 g/mol. The van der Waals surface area contributed by atoms with Crippen LogP contribution in [0.4, 0.5) is 23.0 Å². The van der Waals surface area contributed by atoms with Crippen molar-refractivity contribution >= 4 is 41.7 Å². The third-order valence-corrected chi connectivity index (χ3v) is 6.76. The van der Waals surface area contributed by atoms with Crippen LogP contribution >= 0.6 is 0 Å². The molecule has 6 rings (SSSR count). The topological polar surface area (TPSA) is 90.8 Å². The fourth-order valence-corrected chi connectivity index (χ4v) is 4.74. The molecule has 0 saturated heterocycles. The third-order valence-electron chi connectivity index (χ3n) is 6.76. The third kappa shape index (κ3) is 7.72. The molecule has 0 radical (unpaired) electrons. The van der Waals surface area contributed by atoms with Gasteiger partial charge in [0.1, 0.15) is 17.1 Å². The van der Waals surface area contributed by atoms with Crippen molar-refractivity contribution in [3.05, 3.63) is 125 Å². The number of halogens is 4. The number of imide groups is 1. The van der Waals surface area contributed by atoms with Crippen LogP contribution in [-0.2, 0) is 4.79 Å². The molecule has 12 heteroatoms. The number of nitrogens with zero attached hydrogens (tertiary/aromatic N) is 1. The van der Waals surface area contributed by atoms with E-state index < -0.39 is 25.0 Å². The number of hydrogen-bond acceptors (Lipinski definition) is 5. The molecule has 1 aliphatic rings. The summed E-state index contributed by atoms with van der Waals surface area (Å²) >= 11 is 0. The molecule has 0 unspecified atom stereocenters. The van der Waals surface area contributed by atoms with Gasteiger partial charge in [0, 0.05) is 24.2 Å². The summed E-state index contributed by atoms with van der Waals surface area (Å²) < 4.78 is 50.7. The summed E-state index contributed by atoms with van der Waals surface area (Å²) in [5.41, 5.74) is 4.36. The number of hydrogen-bond donors (Lipinski definition) is 1. The first-order valence-electron chi connectivity index (χ1n) is 13.8. The van der Waals surface area contributed by atoms with Crippen molar-refractivity contribution in [1.82, 2.24) is 4.90 Å². The van der Waals surface area contributed by atoms with Crippen LogP contribution in [0.1, 0.15) is 32.7 Å². The number of carbonyl (C=O) groups is 3. The number of ether oxygens (including phenoxy) is 1. The van der Waals surface area contributed by atoms with Gasteiger partial charge in [0.2, 0.25) is 11.0 Å². The van der Waals surface area contributed by atoms with E-state index in [2.05, 4.69) is 11.1 Å². The Hall–Kier alpha value is -5.52. The van der Waals surface area contributed by atoms with Gasteiger partial charge < -0.3 is 26.4 Å². The predicted molar refractivity (Wildman–Crippen MR) is 159 cm³/mol. The van der Waals surface area contributed by atoms with E-state index in [0.717, 1.165) is 43.8 Å². The Morgan fingerprint density at radius 2 is 1.42 bits per heavy atom. The summed E-state index contributed by atoms with van der Waals surface area (Å²) in [5.74, 6) is -0.211. The van der Waals surface area contributed by atoms with Gasteiger partial charge in [-0.05, 0) is 43.3 Å². The minimum absolute atomic E-state index is 0.0415. The molecule has 0 bridgehead atoms. The molecule has 7 nitrogen and oxygen atoms in total. The molecule has 5 aromatic rings. The van der Waals surface area contributed by atoms with Crippen molar-refractivity contribution in [2.75, 3.05) is 6.54 Å². The smallest absolute Gasteiger partial charge is 0.456 e. The largest absolute Gasteiger partial charge is 0.673 e. The second-order valence-corrected chi connectivity index (χ2v) is 10.1. The quantitative estimate of drug-likeness (QED) is 0.0881. The number of nitrogens with one attached hydrogen (secondary N) is 1. The van der Waals surface area contributed by atoms with E-state index in [1.165, 1.54) is 0 Å². The van der Waals surface area contributed by atoms with Gasteiger partial charge in [-0.1, -0.05) is 54.1 Å². The van der Waals surface area contributed by atoms with Gasteiger partial charge >= 0.3 is 13.2 Å².